The van der Waals surface area contributed by atoms with Gasteiger partial charge >= 0.3 is 0 Å². The normalized spacial score (nSPS) is 11.1. The minimum atomic E-state index is -0.317. The van der Waals surface area contributed by atoms with Gasteiger partial charge in [-0.1, -0.05) is 24.3 Å². The summed E-state index contributed by atoms with van der Waals surface area (Å²) in [6, 6.07) is 20.0. The van der Waals surface area contributed by atoms with Crippen molar-refractivity contribution in [2.75, 3.05) is 7.11 Å². The van der Waals surface area contributed by atoms with Crippen LogP contribution in [0.1, 0.15) is 15.9 Å². The van der Waals surface area contributed by atoms with Gasteiger partial charge < -0.3 is 9.84 Å². The van der Waals surface area contributed by atoms with Crippen LogP contribution in [0.3, 0.4) is 0 Å². The summed E-state index contributed by atoms with van der Waals surface area (Å²) >= 11 is 1.62. The van der Waals surface area contributed by atoms with Gasteiger partial charge in [-0.15, -0.1) is 11.3 Å². The molecule has 144 valence electrons. The molecule has 0 bridgehead atoms. The number of aromatic hydroxyl groups is 1. The van der Waals surface area contributed by atoms with Crippen molar-refractivity contribution < 1.29 is 14.6 Å². The Morgan fingerprint density at radius 1 is 1.14 bits per heavy atom. The number of phenols is 1. The molecular weight excluding hydrogens is 386 g/mol. The fourth-order valence-corrected chi connectivity index (χ4v) is 3.74. The van der Waals surface area contributed by atoms with E-state index in [1.165, 1.54) is 19.4 Å². The lowest BCUT2D eigenvalue weighted by Gasteiger charge is -2.04. The number of thiazole rings is 1. The number of aromatic nitrogens is 1. The predicted molar refractivity (Wildman–Crippen MR) is 115 cm³/mol. The van der Waals surface area contributed by atoms with Crippen molar-refractivity contribution in [2.24, 2.45) is 5.10 Å². The van der Waals surface area contributed by atoms with Crippen LogP contribution in [-0.4, -0.2) is 29.3 Å². The number of carbonyl (C=O) groups excluding carboxylic acids is 1. The van der Waals surface area contributed by atoms with Crippen LogP contribution in [0, 0.1) is 0 Å². The van der Waals surface area contributed by atoms with Crippen LogP contribution in [0.2, 0.25) is 0 Å². The minimum absolute atomic E-state index is 0.0434. The van der Waals surface area contributed by atoms with Crippen molar-refractivity contribution in [3.63, 3.8) is 0 Å². The van der Waals surface area contributed by atoms with E-state index in [2.05, 4.69) is 15.5 Å². The highest BCUT2D eigenvalue weighted by molar-refractivity contribution is 7.21. The van der Waals surface area contributed by atoms with Crippen LogP contribution >= 0.6 is 11.3 Å². The van der Waals surface area contributed by atoms with E-state index in [0.29, 0.717) is 16.9 Å². The molecule has 1 aromatic heterocycles. The summed E-state index contributed by atoms with van der Waals surface area (Å²) < 4.78 is 6.18. The number of benzene rings is 3. The van der Waals surface area contributed by atoms with Gasteiger partial charge in [0.15, 0.2) is 11.5 Å². The molecule has 0 aliphatic heterocycles. The molecular formula is C22H17N3O3S. The van der Waals surface area contributed by atoms with E-state index in [9.17, 15) is 9.90 Å². The zero-order valence-corrected chi connectivity index (χ0v) is 16.3. The Balaban J connectivity index is 1.44. The number of hydrogen-bond donors (Lipinski definition) is 2. The lowest BCUT2D eigenvalue weighted by molar-refractivity contribution is 0.0955. The maximum atomic E-state index is 12.3. The predicted octanol–water partition coefficient (Wildman–Crippen LogP) is 4.44. The second-order valence-corrected chi connectivity index (χ2v) is 7.23. The van der Waals surface area contributed by atoms with Crippen molar-refractivity contribution in [2.45, 2.75) is 0 Å². The maximum absolute atomic E-state index is 12.3. The number of fused-ring (bicyclic) bond motifs is 1. The highest BCUT2D eigenvalue weighted by Crippen LogP contribution is 2.30. The number of rotatable bonds is 5. The number of carbonyl (C=O) groups is 1. The van der Waals surface area contributed by atoms with Crippen molar-refractivity contribution >= 4 is 33.7 Å². The molecule has 0 atom stereocenters. The summed E-state index contributed by atoms with van der Waals surface area (Å²) in [6.45, 7) is 0. The van der Waals surface area contributed by atoms with E-state index in [0.717, 1.165) is 20.8 Å². The molecule has 1 amide bonds. The molecule has 29 heavy (non-hydrogen) atoms. The Hall–Kier alpha value is -3.71. The molecule has 0 saturated carbocycles. The van der Waals surface area contributed by atoms with E-state index in [4.69, 9.17) is 4.74 Å². The first kappa shape index (κ1) is 18.6. The number of phenolic OH excluding ortho intramolecular Hbond substituents is 1. The molecule has 0 unspecified atom stereocenters. The zero-order chi connectivity index (χ0) is 20.2. The van der Waals surface area contributed by atoms with Crippen LogP contribution < -0.4 is 10.2 Å². The lowest BCUT2D eigenvalue weighted by atomic mass is 10.1. The van der Waals surface area contributed by atoms with Gasteiger partial charge in [0.25, 0.3) is 5.91 Å². The molecule has 0 aliphatic rings. The van der Waals surface area contributed by atoms with Crippen molar-refractivity contribution in [3.8, 4) is 22.1 Å². The van der Waals surface area contributed by atoms with Crippen LogP contribution in [0.15, 0.2) is 71.8 Å². The molecule has 6 nitrogen and oxygen atoms in total. The third-order valence-corrected chi connectivity index (χ3v) is 5.36. The molecule has 1 heterocycles. The first-order valence-electron chi connectivity index (χ1n) is 8.80. The molecule has 0 saturated heterocycles. The lowest BCUT2D eigenvalue weighted by Crippen LogP contribution is -2.17. The first-order chi connectivity index (χ1) is 14.1. The third-order valence-electron chi connectivity index (χ3n) is 4.27. The third kappa shape index (κ3) is 4.09. The van der Waals surface area contributed by atoms with Crippen molar-refractivity contribution in [1.82, 2.24) is 10.4 Å². The fourth-order valence-electron chi connectivity index (χ4n) is 2.76. The van der Waals surface area contributed by atoms with E-state index < -0.39 is 0 Å². The quantitative estimate of drug-likeness (QED) is 0.381. The monoisotopic (exact) mass is 403 g/mol. The Kier molecular flexibility index (Phi) is 5.22. The van der Waals surface area contributed by atoms with Crippen LogP contribution in [0.25, 0.3) is 20.8 Å². The highest BCUT2D eigenvalue weighted by atomic mass is 32.1. The van der Waals surface area contributed by atoms with Gasteiger partial charge in [0, 0.05) is 11.1 Å². The number of nitrogens with zero attached hydrogens (tertiary/aromatic N) is 2. The molecule has 3 aromatic carbocycles. The largest absolute Gasteiger partial charge is 0.504 e. The topological polar surface area (TPSA) is 83.8 Å². The molecule has 0 aliphatic carbocycles. The van der Waals surface area contributed by atoms with Crippen molar-refractivity contribution in [3.05, 3.63) is 77.9 Å². The SMILES string of the molecule is COc1cc(/C=N/NC(=O)c2ccc(-c3nc4ccccc4s3)cc2)ccc1O. The number of hydrogen-bond acceptors (Lipinski definition) is 6. The van der Waals surface area contributed by atoms with Gasteiger partial charge in [-0.3, -0.25) is 4.79 Å². The van der Waals surface area contributed by atoms with Gasteiger partial charge in [0.1, 0.15) is 5.01 Å². The summed E-state index contributed by atoms with van der Waals surface area (Å²) in [5, 5.41) is 14.5. The molecule has 0 spiro atoms. The molecule has 0 fully saturated rings. The average Bonchev–Trinajstić information content (AvgIpc) is 3.19. The van der Waals surface area contributed by atoms with E-state index in [-0.39, 0.29) is 11.7 Å². The second kappa shape index (κ2) is 8.12. The van der Waals surface area contributed by atoms with Gasteiger partial charge in [-0.25, -0.2) is 10.4 Å². The molecule has 2 N–H and O–H groups in total. The van der Waals surface area contributed by atoms with Crippen LogP contribution in [-0.2, 0) is 0 Å². The Labute approximate surface area is 171 Å². The summed E-state index contributed by atoms with van der Waals surface area (Å²) in [4.78, 5) is 16.9. The van der Waals surface area contributed by atoms with Crippen molar-refractivity contribution in [1.29, 1.82) is 0 Å². The fraction of sp³-hybridized carbons (Fsp3) is 0.0455. The Morgan fingerprint density at radius 3 is 2.69 bits per heavy atom. The zero-order valence-electron chi connectivity index (χ0n) is 15.5. The molecule has 0 radical (unpaired) electrons. The molecule has 4 aromatic rings. The van der Waals surface area contributed by atoms with Gasteiger partial charge in [0.2, 0.25) is 0 Å². The number of methoxy groups -OCH3 is 1. The van der Waals surface area contributed by atoms with E-state index >= 15 is 0 Å². The number of hydrazone groups is 1. The smallest absolute Gasteiger partial charge is 0.271 e. The number of para-hydroxylation sites is 1. The number of amides is 1. The Bertz CT molecular complexity index is 1170. The van der Waals surface area contributed by atoms with Gasteiger partial charge in [0.05, 0.1) is 23.5 Å². The number of ether oxygens (including phenoxy) is 1. The summed E-state index contributed by atoms with van der Waals surface area (Å²) in [5.41, 5.74) is 5.60. The highest BCUT2D eigenvalue weighted by Gasteiger charge is 2.08. The maximum Gasteiger partial charge on any atom is 0.271 e. The van der Waals surface area contributed by atoms with Crippen LogP contribution in [0.5, 0.6) is 11.5 Å². The van der Waals surface area contributed by atoms with E-state index in [1.807, 2.05) is 36.4 Å². The van der Waals surface area contributed by atoms with Gasteiger partial charge in [-0.2, -0.15) is 5.10 Å². The van der Waals surface area contributed by atoms with Crippen LogP contribution in [0.4, 0.5) is 0 Å². The standard InChI is InChI=1S/C22H17N3O3S/c1-28-19-12-14(6-11-18(19)26)13-23-25-21(27)15-7-9-16(10-8-15)22-24-17-4-2-3-5-20(17)29-22/h2-13,26H,1H3,(H,25,27)/b23-13+. The minimum Gasteiger partial charge on any atom is -0.504 e. The molecule has 4 rings (SSSR count). The average molecular weight is 403 g/mol. The Morgan fingerprint density at radius 2 is 1.93 bits per heavy atom. The number of nitrogens with one attached hydrogen (secondary N) is 1. The molecule has 7 heteroatoms. The summed E-state index contributed by atoms with van der Waals surface area (Å²) in [5.74, 6) is 0.0652. The summed E-state index contributed by atoms with van der Waals surface area (Å²) in [7, 11) is 1.47. The van der Waals surface area contributed by atoms with Gasteiger partial charge in [-0.05, 0) is 48.0 Å². The second-order valence-electron chi connectivity index (χ2n) is 6.19. The first-order valence-corrected chi connectivity index (χ1v) is 9.62. The van der Waals surface area contributed by atoms with E-state index in [1.54, 1.807) is 35.6 Å². The summed E-state index contributed by atoms with van der Waals surface area (Å²) in [6.07, 6.45) is 1.48.